The van der Waals surface area contributed by atoms with E-state index in [1.165, 1.54) is 0 Å². The third-order valence-corrected chi connectivity index (χ3v) is 4.30. The van der Waals surface area contributed by atoms with Gasteiger partial charge in [-0.15, -0.1) is 0 Å². The molecule has 5 nitrogen and oxygen atoms in total. The van der Waals surface area contributed by atoms with Crippen molar-refractivity contribution in [3.05, 3.63) is 35.0 Å². The standard InChI is InChI=1S/C19H28N4O/c1-6-16(9-10-20-4)19(21-5)18-14(2)7-8-17(22-18)23-11-12-24-13-15(23)3/h7-10,15H,6,11-13H2,1-5H3/b16-9+,20-10-,21-19-/t15-/m1/s1. The van der Waals surface area contributed by atoms with Crippen LogP contribution in [-0.2, 0) is 4.74 Å². The molecule has 0 amide bonds. The van der Waals surface area contributed by atoms with Gasteiger partial charge in [-0.1, -0.05) is 13.0 Å². The molecule has 1 aliphatic rings. The number of morpholine rings is 1. The van der Waals surface area contributed by atoms with Gasteiger partial charge in [-0.25, -0.2) is 4.98 Å². The zero-order valence-corrected chi connectivity index (χ0v) is 15.4. The van der Waals surface area contributed by atoms with Crippen LogP contribution in [0.2, 0.25) is 0 Å². The Morgan fingerprint density at radius 3 is 2.83 bits per heavy atom. The number of nitrogens with zero attached hydrogens (tertiary/aromatic N) is 4. The zero-order chi connectivity index (χ0) is 17.5. The number of aromatic nitrogens is 1. The van der Waals surface area contributed by atoms with Crippen LogP contribution in [0, 0.1) is 6.92 Å². The summed E-state index contributed by atoms with van der Waals surface area (Å²) in [6, 6.07) is 4.56. The minimum atomic E-state index is 0.331. The molecule has 0 aliphatic carbocycles. The summed E-state index contributed by atoms with van der Waals surface area (Å²) in [7, 11) is 3.60. The Hall–Kier alpha value is -2.01. The average Bonchev–Trinajstić information content (AvgIpc) is 2.60. The fourth-order valence-electron chi connectivity index (χ4n) is 2.92. The molecule has 0 N–H and O–H groups in total. The molecule has 1 aromatic heterocycles. The van der Waals surface area contributed by atoms with E-state index in [4.69, 9.17) is 9.72 Å². The summed E-state index contributed by atoms with van der Waals surface area (Å²) < 4.78 is 5.54. The largest absolute Gasteiger partial charge is 0.377 e. The molecule has 1 atom stereocenters. The van der Waals surface area contributed by atoms with Crippen LogP contribution < -0.4 is 4.90 Å². The lowest BCUT2D eigenvalue weighted by atomic mass is 10.0. The van der Waals surface area contributed by atoms with E-state index in [0.717, 1.165) is 54.5 Å². The van der Waals surface area contributed by atoms with Crippen molar-refractivity contribution in [2.24, 2.45) is 9.98 Å². The predicted molar refractivity (Wildman–Crippen MR) is 102 cm³/mol. The van der Waals surface area contributed by atoms with Crippen molar-refractivity contribution in [3.8, 4) is 0 Å². The van der Waals surface area contributed by atoms with Crippen molar-refractivity contribution in [1.82, 2.24) is 4.98 Å². The van der Waals surface area contributed by atoms with Crippen LogP contribution in [0.5, 0.6) is 0 Å². The van der Waals surface area contributed by atoms with Gasteiger partial charge < -0.3 is 9.64 Å². The molecular formula is C19H28N4O. The van der Waals surface area contributed by atoms with Crippen molar-refractivity contribution < 1.29 is 4.74 Å². The quantitative estimate of drug-likeness (QED) is 0.781. The molecule has 0 bridgehead atoms. The van der Waals surface area contributed by atoms with Crippen molar-refractivity contribution in [3.63, 3.8) is 0 Å². The minimum absolute atomic E-state index is 0.331. The molecule has 1 aliphatic heterocycles. The van der Waals surface area contributed by atoms with E-state index in [0.29, 0.717) is 6.04 Å². The molecule has 130 valence electrons. The molecule has 0 spiro atoms. The van der Waals surface area contributed by atoms with Gasteiger partial charge in [0.25, 0.3) is 0 Å². The van der Waals surface area contributed by atoms with E-state index in [1.54, 1.807) is 7.05 Å². The fraction of sp³-hybridized carbons (Fsp3) is 0.526. The first-order chi connectivity index (χ1) is 11.6. The highest BCUT2D eigenvalue weighted by molar-refractivity contribution is 6.13. The van der Waals surface area contributed by atoms with E-state index >= 15 is 0 Å². The summed E-state index contributed by atoms with van der Waals surface area (Å²) in [4.78, 5) is 15.8. The molecule has 0 radical (unpaired) electrons. The second-order valence-electron chi connectivity index (χ2n) is 5.98. The van der Waals surface area contributed by atoms with Crippen LogP contribution in [0.15, 0.2) is 33.8 Å². The maximum atomic E-state index is 5.54. The topological polar surface area (TPSA) is 50.1 Å². The number of ether oxygens (including phenoxy) is 1. The molecule has 2 rings (SSSR count). The number of allylic oxidation sites excluding steroid dienone is 2. The molecule has 1 fully saturated rings. The molecule has 1 aromatic rings. The maximum absolute atomic E-state index is 5.54. The number of rotatable bonds is 5. The first-order valence-corrected chi connectivity index (χ1v) is 8.53. The van der Waals surface area contributed by atoms with Crippen LogP contribution in [0.3, 0.4) is 0 Å². The summed E-state index contributed by atoms with van der Waals surface area (Å²) in [6.07, 6.45) is 4.72. The summed E-state index contributed by atoms with van der Waals surface area (Å²) in [5.74, 6) is 0.993. The smallest absolute Gasteiger partial charge is 0.129 e. The number of anilines is 1. The molecule has 24 heavy (non-hydrogen) atoms. The van der Waals surface area contributed by atoms with Crippen LogP contribution in [0.1, 0.15) is 31.5 Å². The minimum Gasteiger partial charge on any atom is -0.377 e. The summed E-state index contributed by atoms with van der Waals surface area (Å²) in [5.41, 5.74) is 4.17. The van der Waals surface area contributed by atoms with Crippen molar-refractivity contribution in [1.29, 1.82) is 0 Å². The van der Waals surface area contributed by atoms with E-state index in [1.807, 2.05) is 19.3 Å². The van der Waals surface area contributed by atoms with E-state index in [-0.39, 0.29) is 0 Å². The Morgan fingerprint density at radius 2 is 2.21 bits per heavy atom. The highest BCUT2D eigenvalue weighted by Gasteiger charge is 2.22. The monoisotopic (exact) mass is 328 g/mol. The van der Waals surface area contributed by atoms with E-state index in [2.05, 4.69) is 47.8 Å². The van der Waals surface area contributed by atoms with Crippen LogP contribution >= 0.6 is 0 Å². The molecule has 2 heterocycles. The van der Waals surface area contributed by atoms with Gasteiger partial charge >= 0.3 is 0 Å². The molecule has 1 saturated heterocycles. The second kappa shape index (κ2) is 8.73. The number of hydrogen-bond acceptors (Lipinski definition) is 5. The third-order valence-electron chi connectivity index (χ3n) is 4.30. The molecule has 0 unspecified atom stereocenters. The summed E-state index contributed by atoms with van der Waals surface area (Å²) in [6.45, 7) is 8.74. The van der Waals surface area contributed by atoms with Gasteiger partial charge in [0.05, 0.1) is 30.7 Å². The Morgan fingerprint density at radius 1 is 1.42 bits per heavy atom. The van der Waals surface area contributed by atoms with Crippen molar-refractivity contribution in [2.45, 2.75) is 33.2 Å². The van der Waals surface area contributed by atoms with Crippen molar-refractivity contribution >= 4 is 17.7 Å². The van der Waals surface area contributed by atoms with Gasteiger partial charge in [0.15, 0.2) is 0 Å². The van der Waals surface area contributed by atoms with Gasteiger partial charge in [-0.2, -0.15) is 0 Å². The average molecular weight is 328 g/mol. The van der Waals surface area contributed by atoms with E-state index < -0.39 is 0 Å². The first-order valence-electron chi connectivity index (χ1n) is 8.53. The summed E-state index contributed by atoms with van der Waals surface area (Å²) >= 11 is 0. The first kappa shape index (κ1) is 18.3. The number of aliphatic imine (C=N–C) groups is 2. The number of pyridine rings is 1. The second-order valence-corrected chi connectivity index (χ2v) is 5.98. The summed E-state index contributed by atoms with van der Waals surface area (Å²) in [5, 5.41) is 0. The number of aryl methyl sites for hydroxylation is 1. The van der Waals surface area contributed by atoms with Crippen LogP contribution in [0.4, 0.5) is 5.82 Å². The van der Waals surface area contributed by atoms with Gasteiger partial charge in [0.2, 0.25) is 0 Å². The Kier molecular flexibility index (Phi) is 6.67. The lowest BCUT2D eigenvalue weighted by Gasteiger charge is -2.34. The zero-order valence-electron chi connectivity index (χ0n) is 15.4. The lowest BCUT2D eigenvalue weighted by Crippen LogP contribution is -2.44. The SMILES string of the molecule is CCC(=C\C=N/C)/C(=N/C)c1nc(N2CCOC[C@H]2C)ccc1C. The number of hydrogen-bond donors (Lipinski definition) is 0. The predicted octanol–water partition coefficient (Wildman–Crippen LogP) is 3.07. The molecule has 0 aromatic carbocycles. The van der Waals surface area contributed by atoms with Gasteiger partial charge in [-0.3, -0.25) is 9.98 Å². The molecule has 0 saturated carbocycles. The highest BCUT2D eigenvalue weighted by atomic mass is 16.5. The van der Waals surface area contributed by atoms with Crippen molar-refractivity contribution in [2.75, 3.05) is 38.8 Å². The molecule has 5 heteroatoms. The van der Waals surface area contributed by atoms with Gasteiger partial charge in [0, 0.05) is 26.9 Å². The van der Waals surface area contributed by atoms with Crippen LogP contribution in [-0.4, -0.2) is 56.8 Å². The van der Waals surface area contributed by atoms with Gasteiger partial charge in [0.1, 0.15) is 5.82 Å². The fourth-order valence-corrected chi connectivity index (χ4v) is 2.92. The third kappa shape index (κ3) is 4.09. The normalized spacial score (nSPS) is 20.0. The lowest BCUT2D eigenvalue weighted by molar-refractivity contribution is 0.0985. The van der Waals surface area contributed by atoms with Gasteiger partial charge in [-0.05, 0) is 43.5 Å². The Balaban J connectivity index is 2.43. The Labute approximate surface area is 145 Å². The van der Waals surface area contributed by atoms with Crippen LogP contribution in [0.25, 0.3) is 0 Å². The maximum Gasteiger partial charge on any atom is 0.129 e. The molecular weight excluding hydrogens is 300 g/mol. The highest BCUT2D eigenvalue weighted by Crippen LogP contribution is 2.22. The van der Waals surface area contributed by atoms with E-state index in [9.17, 15) is 0 Å². The Bertz CT molecular complexity index is 649.